The number of rotatable bonds is 8. The van der Waals surface area contributed by atoms with Gasteiger partial charge in [0.2, 0.25) is 0 Å². The number of carbonyl (C=O) groups excluding carboxylic acids is 2. The summed E-state index contributed by atoms with van der Waals surface area (Å²) in [6.45, 7) is 3.83. The topological polar surface area (TPSA) is 177 Å². The SMILES string of the molecule is CCOC(=O)c1scc(N)c1O.CCOC(=O)c1scc(Nc2c(Nc3ccccc3)c(=O)c2=O)c1O. The molecule has 0 atom stereocenters. The Labute approximate surface area is 218 Å². The smallest absolute Gasteiger partial charge is 0.352 e. The van der Waals surface area contributed by atoms with E-state index in [1.807, 2.05) is 6.07 Å². The monoisotopic (exact) mass is 545 g/mol. The molecular weight excluding hydrogens is 522 g/mol. The van der Waals surface area contributed by atoms with Crippen molar-refractivity contribution in [3.05, 3.63) is 71.3 Å². The van der Waals surface area contributed by atoms with Crippen LogP contribution in [0.25, 0.3) is 0 Å². The summed E-state index contributed by atoms with van der Waals surface area (Å²) in [4.78, 5) is 46.6. The van der Waals surface area contributed by atoms with Gasteiger partial charge < -0.3 is 36.1 Å². The number of ether oxygens (including phenoxy) is 2. The number of para-hydroxylation sites is 1. The molecule has 0 spiro atoms. The summed E-state index contributed by atoms with van der Waals surface area (Å²) in [5, 5.41) is 27.9. The lowest BCUT2D eigenvalue weighted by atomic mass is 10.1. The summed E-state index contributed by atoms with van der Waals surface area (Å²) in [5.41, 5.74) is 5.16. The first kappa shape index (κ1) is 27.2. The van der Waals surface area contributed by atoms with Crippen molar-refractivity contribution in [1.82, 2.24) is 0 Å². The van der Waals surface area contributed by atoms with Crippen molar-refractivity contribution in [2.45, 2.75) is 13.8 Å². The minimum Gasteiger partial charge on any atom is -0.504 e. The molecule has 2 heterocycles. The molecule has 0 bridgehead atoms. The third-order valence-corrected chi connectivity index (χ3v) is 6.61. The van der Waals surface area contributed by atoms with Crippen LogP contribution in [-0.2, 0) is 9.47 Å². The average molecular weight is 546 g/mol. The summed E-state index contributed by atoms with van der Waals surface area (Å²) in [5.74, 6) is -1.68. The number of nitrogens with two attached hydrogens (primary N) is 1. The predicted molar refractivity (Wildman–Crippen MR) is 143 cm³/mol. The molecule has 194 valence electrons. The van der Waals surface area contributed by atoms with E-state index in [4.69, 9.17) is 10.5 Å². The van der Waals surface area contributed by atoms with Gasteiger partial charge in [0.15, 0.2) is 21.3 Å². The van der Waals surface area contributed by atoms with Crippen molar-refractivity contribution < 1.29 is 29.3 Å². The Morgan fingerprint density at radius 3 is 1.86 bits per heavy atom. The van der Waals surface area contributed by atoms with Crippen LogP contribution in [0.5, 0.6) is 11.5 Å². The summed E-state index contributed by atoms with van der Waals surface area (Å²) in [6.07, 6.45) is 0. The molecule has 2 aromatic carbocycles. The molecule has 0 aliphatic heterocycles. The second-order valence-corrected chi connectivity index (χ2v) is 8.92. The van der Waals surface area contributed by atoms with Crippen molar-refractivity contribution in [3.63, 3.8) is 0 Å². The highest BCUT2D eigenvalue weighted by Crippen LogP contribution is 2.37. The van der Waals surface area contributed by atoms with Crippen LogP contribution in [0.2, 0.25) is 0 Å². The number of anilines is 5. The van der Waals surface area contributed by atoms with Gasteiger partial charge in [0, 0.05) is 16.4 Å². The molecule has 6 N–H and O–H groups in total. The highest BCUT2D eigenvalue weighted by atomic mass is 32.1. The Morgan fingerprint density at radius 2 is 1.35 bits per heavy atom. The Bertz CT molecular complexity index is 1470. The Hall–Kier alpha value is -4.36. The van der Waals surface area contributed by atoms with Crippen LogP contribution >= 0.6 is 22.7 Å². The molecule has 13 heteroatoms. The first-order valence-corrected chi connectivity index (χ1v) is 12.6. The third kappa shape index (κ3) is 6.08. The van der Waals surface area contributed by atoms with Gasteiger partial charge in [-0.05, 0) is 26.0 Å². The van der Waals surface area contributed by atoms with E-state index >= 15 is 0 Å². The van der Waals surface area contributed by atoms with Crippen molar-refractivity contribution in [2.75, 3.05) is 29.6 Å². The van der Waals surface area contributed by atoms with Gasteiger partial charge in [-0.25, -0.2) is 9.59 Å². The Morgan fingerprint density at radius 1 is 0.838 bits per heavy atom. The lowest BCUT2D eigenvalue weighted by Crippen LogP contribution is -2.35. The van der Waals surface area contributed by atoms with Gasteiger partial charge in [0.05, 0.1) is 24.6 Å². The molecule has 0 aliphatic carbocycles. The van der Waals surface area contributed by atoms with Crippen molar-refractivity contribution in [2.24, 2.45) is 0 Å². The highest BCUT2D eigenvalue weighted by Gasteiger charge is 2.25. The van der Waals surface area contributed by atoms with Crippen molar-refractivity contribution in [3.8, 4) is 11.5 Å². The summed E-state index contributed by atoms with van der Waals surface area (Å²) in [7, 11) is 0. The van der Waals surface area contributed by atoms with E-state index in [0.717, 1.165) is 22.7 Å². The maximum absolute atomic E-state index is 11.8. The first-order chi connectivity index (χ1) is 17.7. The second-order valence-electron chi connectivity index (χ2n) is 7.16. The summed E-state index contributed by atoms with van der Waals surface area (Å²) < 4.78 is 9.52. The third-order valence-electron chi connectivity index (χ3n) is 4.69. The summed E-state index contributed by atoms with van der Waals surface area (Å²) in [6, 6.07) is 8.91. The van der Waals surface area contributed by atoms with Crippen LogP contribution in [0.1, 0.15) is 33.2 Å². The number of nitrogen functional groups attached to an aromatic ring is 1. The fourth-order valence-electron chi connectivity index (χ4n) is 2.92. The molecular formula is C24H23N3O8S2. The van der Waals surface area contributed by atoms with Gasteiger partial charge >= 0.3 is 11.9 Å². The first-order valence-electron chi connectivity index (χ1n) is 10.8. The van der Waals surface area contributed by atoms with E-state index in [0.29, 0.717) is 5.69 Å². The van der Waals surface area contributed by atoms with Gasteiger partial charge in [-0.15, -0.1) is 22.7 Å². The second kappa shape index (κ2) is 12.1. The molecule has 4 aromatic rings. The Kier molecular flexibility index (Phi) is 8.87. The number of nitrogens with one attached hydrogen (secondary N) is 2. The lowest BCUT2D eigenvalue weighted by molar-refractivity contribution is 0.0519. The van der Waals surface area contributed by atoms with Crippen LogP contribution in [-0.4, -0.2) is 35.4 Å². The number of hydrogen-bond donors (Lipinski definition) is 5. The molecule has 0 amide bonds. The van der Waals surface area contributed by atoms with Gasteiger partial charge in [-0.2, -0.15) is 0 Å². The van der Waals surface area contributed by atoms with E-state index in [1.165, 1.54) is 10.8 Å². The number of aromatic hydroxyl groups is 2. The minimum atomic E-state index is -0.693. The standard InChI is InChI=1S/C17H14N2O5S.C7H9NO3S/c1-2-24-17(23)16-13(20)10(8-25-16)19-12-11(14(21)15(12)22)18-9-6-4-3-5-7-9;1-2-11-7(10)6-5(9)4(8)3-12-6/h3-8,18-20H,2H2,1H3;3,9H,2,8H2,1H3. The molecule has 0 unspecified atom stereocenters. The Balaban J connectivity index is 0.000000266. The average Bonchev–Trinajstić information content (AvgIpc) is 3.43. The van der Waals surface area contributed by atoms with Crippen LogP contribution in [0.3, 0.4) is 0 Å². The molecule has 0 saturated heterocycles. The molecule has 0 radical (unpaired) electrons. The lowest BCUT2D eigenvalue weighted by Gasteiger charge is -2.14. The fourth-order valence-corrected chi connectivity index (χ4v) is 4.44. The number of carbonyl (C=O) groups is 2. The van der Waals surface area contributed by atoms with Crippen molar-refractivity contribution >= 4 is 63.0 Å². The van der Waals surface area contributed by atoms with Crippen LogP contribution in [0, 0.1) is 0 Å². The van der Waals surface area contributed by atoms with Gasteiger partial charge in [0.1, 0.15) is 11.4 Å². The molecule has 11 nitrogen and oxygen atoms in total. The zero-order chi connectivity index (χ0) is 27.1. The maximum atomic E-state index is 11.8. The quantitative estimate of drug-likeness (QED) is 0.160. The van der Waals surface area contributed by atoms with E-state index < -0.39 is 22.8 Å². The van der Waals surface area contributed by atoms with E-state index in [-0.39, 0.29) is 57.2 Å². The van der Waals surface area contributed by atoms with E-state index in [9.17, 15) is 29.4 Å². The zero-order valence-corrected chi connectivity index (χ0v) is 21.3. The molecule has 0 saturated carbocycles. The number of thiophene rings is 2. The van der Waals surface area contributed by atoms with Crippen LogP contribution in [0.15, 0.2) is 50.7 Å². The predicted octanol–water partition coefficient (Wildman–Crippen LogP) is 3.93. The summed E-state index contributed by atoms with van der Waals surface area (Å²) >= 11 is 2.06. The maximum Gasteiger partial charge on any atom is 0.352 e. The fraction of sp³-hybridized carbons (Fsp3) is 0.167. The van der Waals surface area contributed by atoms with Gasteiger partial charge in [-0.3, -0.25) is 9.59 Å². The highest BCUT2D eigenvalue weighted by molar-refractivity contribution is 7.13. The molecule has 37 heavy (non-hydrogen) atoms. The number of esters is 2. The van der Waals surface area contributed by atoms with E-state index in [2.05, 4.69) is 15.4 Å². The van der Waals surface area contributed by atoms with Crippen LogP contribution in [0.4, 0.5) is 28.4 Å². The normalized spacial score (nSPS) is 10.3. The largest absolute Gasteiger partial charge is 0.504 e. The molecule has 4 rings (SSSR count). The van der Waals surface area contributed by atoms with Gasteiger partial charge in [0.25, 0.3) is 10.9 Å². The van der Waals surface area contributed by atoms with E-state index in [1.54, 1.807) is 38.1 Å². The van der Waals surface area contributed by atoms with Crippen molar-refractivity contribution in [1.29, 1.82) is 0 Å². The number of hydrogen-bond acceptors (Lipinski definition) is 13. The molecule has 0 fully saturated rings. The minimum absolute atomic E-state index is 0.0283. The number of benzene rings is 1. The van der Waals surface area contributed by atoms with Gasteiger partial charge in [-0.1, -0.05) is 18.2 Å². The molecule has 2 aromatic heterocycles. The molecule has 0 aliphatic rings. The zero-order valence-electron chi connectivity index (χ0n) is 19.7. The van der Waals surface area contributed by atoms with Crippen LogP contribution < -0.4 is 27.2 Å².